The topological polar surface area (TPSA) is 4.93 Å². The van der Waals surface area contributed by atoms with Crippen molar-refractivity contribution >= 4 is 60.2 Å². The largest absolute Gasteiger partial charge is 0.309 e. The predicted molar refractivity (Wildman–Crippen MR) is 198 cm³/mol. The van der Waals surface area contributed by atoms with Gasteiger partial charge >= 0.3 is 0 Å². The molecule has 46 heavy (non-hydrogen) atoms. The average Bonchev–Trinajstić information content (AvgIpc) is 3.47. The molecule has 9 rings (SSSR count). The first-order chi connectivity index (χ1) is 22.9. The minimum Gasteiger partial charge on any atom is -0.309 e. The van der Waals surface area contributed by atoms with E-state index in [4.69, 9.17) is 0 Å². The number of allylic oxidation sites excluding steroid dienone is 1. The van der Waals surface area contributed by atoms with Crippen molar-refractivity contribution in [3.05, 3.63) is 181 Å². The molecule has 0 bridgehead atoms. The Morgan fingerprint density at radius 3 is 1.93 bits per heavy atom. The number of hydrogen-bond donors (Lipinski definition) is 0. The molecule has 0 saturated carbocycles. The van der Waals surface area contributed by atoms with Crippen LogP contribution in [0.3, 0.4) is 0 Å². The predicted octanol–water partition coefficient (Wildman–Crippen LogP) is 12.2. The standard InChI is InChI=1S/C45H31N/c1-3-16-32(17-4-1)43-39-25-10-9-23-36(39)37(40-30-29-31-15-7-8-22-35(31)44(40)43)26-13-18-33-19-14-27-41-38-24-11-12-28-42(38)46(45(33)41)34-20-5-2-6-21-34/h1-17,19-30H,18H2/b26-13+. The van der Waals surface area contributed by atoms with E-state index in [1.807, 2.05) is 0 Å². The van der Waals surface area contributed by atoms with Gasteiger partial charge in [-0.25, -0.2) is 0 Å². The number of nitrogens with zero attached hydrogens (tertiary/aromatic N) is 1. The fourth-order valence-corrected chi connectivity index (χ4v) is 7.47. The van der Waals surface area contributed by atoms with E-state index in [0.29, 0.717) is 0 Å². The molecule has 1 heterocycles. The van der Waals surface area contributed by atoms with Crippen molar-refractivity contribution in [2.24, 2.45) is 0 Å². The number of para-hydroxylation sites is 3. The summed E-state index contributed by atoms with van der Waals surface area (Å²) < 4.78 is 2.43. The monoisotopic (exact) mass is 585 g/mol. The maximum Gasteiger partial charge on any atom is 0.0576 e. The second-order valence-corrected chi connectivity index (χ2v) is 12.0. The van der Waals surface area contributed by atoms with E-state index in [2.05, 4.69) is 181 Å². The molecule has 0 aliphatic carbocycles. The maximum atomic E-state index is 2.43. The highest BCUT2D eigenvalue weighted by molar-refractivity contribution is 6.25. The van der Waals surface area contributed by atoms with Gasteiger partial charge in [-0.3, -0.25) is 0 Å². The molecular formula is C45H31N. The van der Waals surface area contributed by atoms with Gasteiger partial charge in [0, 0.05) is 16.5 Å². The number of hydrogen-bond acceptors (Lipinski definition) is 0. The third-order valence-corrected chi connectivity index (χ3v) is 9.43. The number of aromatic nitrogens is 1. The van der Waals surface area contributed by atoms with Crippen LogP contribution < -0.4 is 0 Å². The second kappa shape index (κ2) is 10.9. The molecular weight excluding hydrogens is 555 g/mol. The highest BCUT2D eigenvalue weighted by atomic mass is 15.0. The molecule has 0 aliphatic heterocycles. The Hall–Kier alpha value is -5.92. The van der Waals surface area contributed by atoms with Crippen molar-refractivity contribution in [1.82, 2.24) is 4.57 Å². The van der Waals surface area contributed by atoms with Gasteiger partial charge in [-0.15, -0.1) is 0 Å². The zero-order valence-electron chi connectivity index (χ0n) is 25.4. The van der Waals surface area contributed by atoms with Crippen molar-refractivity contribution in [1.29, 1.82) is 0 Å². The van der Waals surface area contributed by atoms with E-state index < -0.39 is 0 Å². The Morgan fingerprint density at radius 2 is 1.11 bits per heavy atom. The van der Waals surface area contributed by atoms with E-state index in [-0.39, 0.29) is 0 Å². The molecule has 9 aromatic rings. The van der Waals surface area contributed by atoms with Crippen LogP contribution in [0, 0.1) is 0 Å². The summed E-state index contributed by atoms with van der Waals surface area (Å²) in [6.07, 6.45) is 5.55. The molecule has 0 spiro atoms. The van der Waals surface area contributed by atoms with Gasteiger partial charge in [0.25, 0.3) is 0 Å². The summed E-state index contributed by atoms with van der Waals surface area (Å²) >= 11 is 0. The summed E-state index contributed by atoms with van der Waals surface area (Å²) in [7, 11) is 0. The van der Waals surface area contributed by atoms with Crippen LogP contribution in [-0.4, -0.2) is 4.57 Å². The molecule has 0 radical (unpaired) electrons. The Morgan fingerprint density at radius 1 is 0.457 bits per heavy atom. The molecule has 0 fully saturated rings. The van der Waals surface area contributed by atoms with Crippen LogP contribution in [0.5, 0.6) is 0 Å². The summed E-state index contributed by atoms with van der Waals surface area (Å²) in [5.74, 6) is 0. The van der Waals surface area contributed by atoms with Crippen LogP contribution in [0.25, 0.3) is 77.0 Å². The zero-order valence-corrected chi connectivity index (χ0v) is 25.4. The van der Waals surface area contributed by atoms with Gasteiger partial charge in [-0.05, 0) is 79.2 Å². The van der Waals surface area contributed by atoms with Gasteiger partial charge in [0.05, 0.1) is 11.0 Å². The van der Waals surface area contributed by atoms with Crippen LogP contribution >= 0.6 is 0 Å². The Labute approximate surface area is 268 Å². The molecule has 0 atom stereocenters. The molecule has 0 saturated heterocycles. The third kappa shape index (κ3) is 4.17. The highest BCUT2D eigenvalue weighted by Gasteiger charge is 2.17. The van der Waals surface area contributed by atoms with Crippen molar-refractivity contribution < 1.29 is 0 Å². The first-order valence-electron chi connectivity index (χ1n) is 16.0. The van der Waals surface area contributed by atoms with Crippen molar-refractivity contribution in [3.8, 4) is 16.8 Å². The van der Waals surface area contributed by atoms with Crippen LogP contribution in [0.4, 0.5) is 0 Å². The lowest BCUT2D eigenvalue weighted by Crippen LogP contribution is -1.96. The number of fused-ring (bicyclic) bond motifs is 7. The first kappa shape index (κ1) is 26.5. The normalized spacial score (nSPS) is 11.9. The first-order valence-corrected chi connectivity index (χ1v) is 16.0. The summed E-state index contributed by atoms with van der Waals surface area (Å²) in [6, 6.07) is 59.4. The SMILES string of the molecule is C(=C\c1c2ccccc2c(-c2ccccc2)c2c1ccc1ccccc12)/Cc1cccc2c3ccccc3n(-c3ccccc3)c12. The van der Waals surface area contributed by atoms with Crippen molar-refractivity contribution in [2.75, 3.05) is 0 Å². The van der Waals surface area contributed by atoms with Crippen molar-refractivity contribution in [3.63, 3.8) is 0 Å². The molecule has 1 aromatic heterocycles. The molecule has 1 heteroatoms. The minimum atomic E-state index is 0.824. The lowest BCUT2D eigenvalue weighted by Gasteiger charge is -2.17. The van der Waals surface area contributed by atoms with Crippen LogP contribution in [0.2, 0.25) is 0 Å². The van der Waals surface area contributed by atoms with Crippen molar-refractivity contribution in [2.45, 2.75) is 6.42 Å². The number of rotatable bonds is 5. The van der Waals surface area contributed by atoms with Crippen LogP contribution in [0.15, 0.2) is 170 Å². The molecule has 216 valence electrons. The van der Waals surface area contributed by atoms with Crippen LogP contribution in [-0.2, 0) is 6.42 Å². The smallest absolute Gasteiger partial charge is 0.0576 e. The maximum absolute atomic E-state index is 2.43. The summed E-state index contributed by atoms with van der Waals surface area (Å²) in [5.41, 5.74) is 8.83. The Kier molecular flexibility index (Phi) is 6.28. The van der Waals surface area contributed by atoms with E-state index in [1.54, 1.807) is 0 Å². The summed E-state index contributed by atoms with van der Waals surface area (Å²) in [4.78, 5) is 0. The van der Waals surface area contributed by atoms with Gasteiger partial charge in [0.1, 0.15) is 0 Å². The molecule has 0 aliphatic rings. The minimum absolute atomic E-state index is 0.824. The fraction of sp³-hybridized carbons (Fsp3) is 0.0222. The molecule has 0 unspecified atom stereocenters. The Bertz CT molecular complexity index is 2590. The van der Waals surface area contributed by atoms with Gasteiger partial charge in [0.2, 0.25) is 0 Å². The molecule has 1 nitrogen and oxygen atoms in total. The fourth-order valence-electron chi connectivity index (χ4n) is 7.47. The quantitative estimate of drug-likeness (QED) is 0.140. The lowest BCUT2D eigenvalue weighted by atomic mass is 9.86. The van der Waals surface area contributed by atoms with Gasteiger partial charge in [0.15, 0.2) is 0 Å². The van der Waals surface area contributed by atoms with E-state index in [1.165, 1.54) is 82.1 Å². The van der Waals surface area contributed by atoms with Gasteiger partial charge in [-0.1, -0.05) is 158 Å². The number of benzene rings is 8. The zero-order chi connectivity index (χ0) is 30.5. The third-order valence-electron chi connectivity index (χ3n) is 9.43. The summed E-state index contributed by atoms with van der Waals surface area (Å²) in [6.45, 7) is 0. The lowest BCUT2D eigenvalue weighted by molar-refractivity contribution is 1.15. The molecule has 0 amide bonds. The molecule has 0 N–H and O–H groups in total. The highest BCUT2D eigenvalue weighted by Crippen LogP contribution is 2.43. The van der Waals surface area contributed by atoms with E-state index in [0.717, 1.165) is 6.42 Å². The van der Waals surface area contributed by atoms with Crippen LogP contribution in [0.1, 0.15) is 11.1 Å². The average molecular weight is 586 g/mol. The second-order valence-electron chi connectivity index (χ2n) is 12.0. The van der Waals surface area contributed by atoms with E-state index in [9.17, 15) is 0 Å². The van der Waals surface area contributed by atoms with Gasteiger partial charge < -0.3 is 4.57 Å². The molecule has 8 aromatic carbocycles. The van der Waals surface area contributed by atoms with E-state index >= 15 is 0 Å². The Balaban J connectivity index is 1.27. The summed E-state index contributed by atoms with van der Waals surface area (Å²) in [5, 5.41) is 10.3. The van der Waals surface area contributed by atoms with Gasteiger partial charge in [-0.2, -0.15) is 0 Å².